The molecule has 0 radical (unpaired) electrons. The first-order chi connectivity index (χ1) is 15.4. The van der Waals surface area contributed by atoms with Crippen molar-refractivity contribution in [2.75, 3.05) is 6.61 Å². The topological polar surface area (TPSA) is 55.6 Å². The Bertz CT molecular complexity index is 1250. The molecule has 5 nitrogen and oxygen atoms in total. The Hall–Kier alpha value is -2.67. The minimum Gasteiger partial charge on any atom is -0.494 e. The standard InChI is InChI=1S/C24H21Cl2N3O2S/c1-4-31-19-8-6-18(7-9-19)29-14(2)11-16(15(29)3)12-22-23(30)28-24(32-22)27-17-5-10-20(25)21(26)13-17/h5-13H,4H2,1-3H3,(H,27,28,30)/b22-12-. The summed E-state index contributed by atoms with van der Waals surface area (Å²) in [5, 5.41) is 4.18. The van der Waals surface area contributed by atoms with Crippen LogP contribution in [0.1, 0.15) is 23.9 Å². The summed E-state index contributed by atoms with van der Waals surface area (Å²) in [6.45, 7) is 6.68. The largest absolute Gasteiger partial charge is 0.494 e. The number of aryl methyl sites for hydroxylation is 1. The zero-order valence-corrected chi connectivity index (χ0v) is 20.1. The fraction of sp³-hybridized carbons (Fsp3) is 0.167. The predicted molar refractivity (Wildman–Crippen MR) is 134 cm³/mol. The van der Waals surface area contributed by atoms with Crippen LogP contribution in [-0.2, 0) is 4.79 Å². The minimum absolute atomic E-state index is 0.181. The number of hydrogen-bond donors (Lipinski definition) is 1. The molecule has 164 valence electrons. The highest BCUT2D eigenvalue weighted by Crippen LogP contribution is 2.32. The minimum atomic E-state index is -0.181. The number of hydrogen-bond acceptors (Lipinski definition) is 4. The summed E-state index contributed by atoms with van der Waals surface area (Å²) in [5.74, 6) is 0.661. The summed E-state index contributed by atoms with van der Waals surface area (Å²) in [5.41, 5.74) is 4.76. The average molecular weight is 486 g/mol. The lowest BCUT2D eigenvalue weighted by Crippen LogP contribution is -2.19. The van der Waals surface area contributed by atoms with Crippen LogP contribution in [0, 0.1) is 13.8 Å². The third-order valence-corrected chi connectivity index (χ3v) is 6.60. The maximum Gasteiger partial charge on any atom is 0.264 e. The molecule has 1 aliphatic heterocycles. The molecule has 1 aliphatic rings. The van der Waals surface area contributed by atoms with Gasteiger partial charge in [0.25, 0.3) is 5.91 Å². The smallest absolute Gasteiger partial charge is 0.264 e. The fourth-order valence-electron chi connectivity index (χ4n) is 3.48. The molecule has 1 N–H and O–H groups in total. The van der Waals surface area contributed by atoms with E-state index in [1.165, 1.54) is 11.8 Å². The van der Waals surface area contributed by atoms with E-state index in [0.717, 1.165) is 28.4 Å². The first-order valence-corrected chi connectivity index (χ1v) is 11.6. The van der Waals surface area contributed by atoms with E-state index in [1.54, 1.807) is 18.2 Å². The molecule has 0 bridgehead atoms. The van der Waals surface area contributed by atoms with Crippen LogP contribution in [0.3, 0.4) is 0 Å². The van der Waals surface area contributed by atoms with Crippen molar-refractivity contribution < 1.29 is 9.53 Å². The van der Waals surface area contributed by atoms with Gasteiger partial charge in [-0.3, -0.25) is 4.79 Å². The van der Waals surface area contributed by atoms with Crippen molar-refractivity contribution in [1.82, 2.24) is 9.88 Å². The summed E-state index contributed by atoms with van der Waals surface area (Å²) in [6.07, 6.45) is 1.89. The molecular weight excluding hydrogens is 465 g/mol. The molecule has 0 atom stereocenters. The van der Waals surface area contributed by atoms with Crippen LogP contribution in [-0.4, -0.2) is 22.2 Å². The van der Waals surface area contributed by atoms with Gasteiger partial charge < -0.3 is 14.6 Å². The molecule has 1 saturated heterocycles. The van der Waals surface area contributed by atoms with Crippen molar-refractivity contribution in [2.45, 2.75) is 20.8 Å². The van der Waals surface area contributed by atoms with Crippen LogP contribution in [0.2, 0.25) is 10.0 Å². The zero-order valence-electron chi connectivity index (χ0n) is 17.8. The molecule has 3 aromatic rings. The van der Waals surface area contributed by atoms with E-state index in [4.69, 9.17) is 27.9 Å². The van der Waals surface area contributed by atoms with E-state index in [0.29, 0.717) is 32.4 Å². The number of nitrogens with one attached hydrogen (secondary N) is 1. The number of carbonyl (C=O) groups is 1. The summed E-state index contributed by atoms with van der Waals surface area (Å²) in [6, 6.07) is 15.1. The van der Waals surface area contributed by atoms with Crippen LogP contribution in [0.25, 0.3) is 11.8 Å². The Morgan fingerprint density at radius 1 is 1.09 bits per heavy atom. The van der Waals surface area contributed by atoms with E-state index >= 15 is 0 Å². The third-order valence-electron chi connectivity index (χ3n) is 4.95. The molecule has 0 aliphatic carbocycles. The van der Waals surface area contributed by atoms with Gasteiger partial charge in [0.1, 0.15) is 5.75 Å². The van der Waals surface area contributed by atoms with Gasteiger partial charge in [-0.1, -0.05) is 23.2 Å². The number of nitrogens with zero attached hydrogens (tertiary/aromatic N) is 2. The highest BCUT2D eigenvalue weighted by atomic mass is 35.5. The monoisotopic (exact) mass is 485 g/mol. The van der Waals surface area contributed by atoms with Gasteiger partial charge in [0, 0.05) is 17.1 Å². The first kappa shape index (κ1) is 22.5. The summed E-state index contributed by atoms with van der Waals surface area (Å²) >= 11 is 13.3. The Balaban J connectivity index is 1.60. The van der Waals surface area contributed by atoms with Gasteiger partial charge in [-0.25, -0.2) is 4.99 Å². The second-order valence-corrected chi connectivity index (χ2v) is 9.01. The number of aliphatic imine (C=N–C) groups is 1. The number of rotatable bonds is 5. The van der Waals surface area contributed by atoms with E-state index in [-0.39, 0.29) is 5.91 Å². The van der Waals surface area contributed by atoms with Crippen molar-refractivity contribution in [3.8, 4) is 11.4 Å². The average Bonchev–Trinajstić information content (AvgIpc) is 3.24. The number of amidine groups is 1. The maximum absolute atomic E-state index is 12.5. The Kier molecular flexibility index (Phi) is 6.65. The third kappa shape index (κ3) is 4.72. The fourth-order valence-corrected chi connectivity index (χ4v) is 4.61. The van der Waals surface area contributed by atoms with Crippen LogP contribution < -0.4 is 10.1 Å². The Morgan fingerprint density at radius 3 is 2.53 bits per heavy atom. The lowest BCUT2D eigenvalue weighted by atomic mass is 10.2. The van der Waals surface area contributed by atoms with Crippen molar-refractivity contribution in [1.29, 1.82) is 0 Å². The van der Waals surface area contributed by atoms with Gasteiger partial charge in [0.2, 0.25) is 0 Å². The van der Waals surface area contributed by atoms with Crippen LogP contribution in [0.15, 0.2) is 58.4 Å². The molecule has 0 spiro atoms. The van der Waals surface area contributed by atoms with Gasteiger partial charge in [0.05, 0.1) is 27.2 Å². The van der Waals surface area contributed by atoms with Crippen LogP contribution in [0.4, 0.5) is 5.69 Å². The second-order valence-electron chi connectivity index (χ2n) is 7.17. The van der Waals surface area contributed by atoms with E-state index in [1.807, 2.05) is 51.1 Å². The van der Waals surface area contributed by atoms with Crippen molar-refractivity contribution in [3.63, 3.8) is 0 Å². The van der Waals surface area contributed by atoms with Crippen molar-refractivity contribution >= 4 is 57.8 Å². The number of carbonyl (C=O) groups excluding carboxylic acids is 1. The first-order valence-electron chi connectivity index (χ1n) is 10.0. The molecule has 32 heavy (non-hydrogen) atoms. The van der Waals surface area contributed by atoms with Gasteiger partial charge in [0.15, 0.2) is 5.17 Å². The molecule has 1 fully saturated rings. The SMILES string of the molecule is CCOc1ccc(-n2c(C)cc(/C=C3\SC(=Nc4ccc(Cl)c(Cl)c4)NC3=O)c2C)cc1. The Morgan fingerprint density at radius 2 is 1.84 bits per heavy atom. The van der Waals surface area contributed by atoms with E-state index in [9.17, 15) is 4.79 Å². The maximum atomic E-state index is 12.5. The summed E-state index contributed by atoms with van der Waals surface area (Å²) in [4.78, 5) is 17.6. The molecule has 8 heteroatoms. The highest BCUT2D eigenvalue weighted by Gasteiger charge is 2.24. The number of ether oxygens (including phenoxy) is 1. The van der Waals surface area contributed by atoms with E-state index < -0.39 is 0 Å². The van der Waals surface area contributed by atoms with Gasteiger partial charge in [-0.2, -0.15) is 0 Å². The van der Waals surface area contributed by atoms with Crippen LogP contribution in [0.5, 0.6) is 5.75 Å². The zero-order chi connectivity index (χ0) is 22.8. The summed E-state index contributed by atoms with van der Waals surface area (Å²) in [7, 11) is 0. The molecule has 1 aromatic heterocycles. The van der Waals surface area contributed by atoms with Gasteiger partial charge >= 0.3 is 0 Å². The Labute approximate surface area is 201 Å². The normalized spacial score (nSPS) is 16.1. The quantitative estimate of drug-likeness (QED) is 0.409. The molecule has 0 unspecified atom stereocenters. The molecule has 2 heterocycles. The van der Waals surface area contributed by atoms with Crippen LogP contribution >= 0.6 is 35.0 Å². The lowest BCUT2D eigenvalue weighted by Gasteiger charge is -2.11. The van der Waals surface area contributed by atoms with Gasteiger partial charge in [-0.15, -0.1) is 0 Å². The number of thioether (sulfide) groups is 1. The predicted octanol–water partition coefficient (Wildman–Crippen LogP) is 6.69. The number of aromatic nitrogens is 1. The number of halogens is 2. The molecule has 2 aromatic carbocycles. The lowest BCUT2D eigenvalue weighted by molar-refractivity contribution is -0.115. The second kappa shape index (κ2) is 9.45. The number of amides is 1. The van der Waals surface area contributed by atoms with Gasteiger partial charge in [-0.05, 0) is 92.7 Å². The van der Waals surface area contributed by atoms with E-state index in [2.05, 4.69) is 20.9 Å². The summed E-state index contributed by atoms with van der Waals surface area (Å²) < 4.78 is 7.69. The molecule has 4 rings (SSSR count). The molecule has 1 amide bonds. The van der Waals surface area contributed by atoms with Crippen molar-refractivity contribution in [2.24, 2.45) is 4.99 Å². The van der Waals surface area contributed by atoms with Crippen molar-refractivity contribution in [3.05, 3.63) is 80.4 Å². The molecule has 0 saturated carbocycles. The molecular formula is C24H21Cl2N3O2S. The highest BCUT2D eigenvalue weighted by molar-refractivity contribution is 8.18. The number of benzene rings is 2.